The van der Waals surface area contributed by atoms with E-state index >= 15 is 0 Å². The van der Waals surface area contributed by atoms with Crippen LogP contribution in [0.4, 0.5) is 17.1 Å². The van der Waals surface area contributed by atoms with Gasteiger partial charge in [0, 0.05) is 27.3 Å². The Bertz CT molecular complexity index is 2470. The third-order valence-electron chi connectivity index (χ3n) is 9.59. The molecule has 0 aliphatic heterocycles. The van der Waals surface area contributed by atoms with Crippen LogP contribution in [0.15, 0.2) is 231 Å². The third kappa shape index (κ3) is 9.11. The van der Waals surface area contributed by atoms with Crippen molar-refractivity contribution >= 4 is 40.1 Å². The van der Waals surface area contributed by atoms with Crippen LogP contribution in [0.5, 0.6) is 0 Å². The van der Waals surface area contributed by atoms with Gasteiger partial charge in [0.25, 0.3) is 0 Å². The van der Waals surface area contributed by atoms with Crippen molar-refractivity contribution in [3.8, 4) is 33.6 Å². The van der Waals surface area contributed by atoms with E-state index in [1.165, 1.54) is 0 Å². The number of hydrogen-bond donors (Lipinski definition) is 0. The summed E-state index contributed by atoms with van der Waals surface area (Å²) in [5, 5.41) is 2.46. The summed E-state index contributed by atoms with van der Waals surface area (Å²) in [6.07, 6.45) is 0. The average Bonchev–Trinajstić information content (AvgIpc) is 3.31. The van der Waals surface area contributed by atoms with Gasteiger partial charge >= 0.3 is 22.4 Å². The molecule has 0 atom stereocenters. The largest absolute Gasteiger partial charge is 3.00 e. The quantitative estimate of drug-likeness (QED) is 0.0821. The predicted octanol–water partition coefficient (Wildman–Crippen LogP) is 12.3. The first kappa shape index (κ1) is 39.9. The molecule has 58 heavy (non-hydrogen) atoms. The summed E-state index contributed by atoms with van der Waals surface area (Å²) >= 11 is 0. The van der Waals surface area contributed by atoms with Gasteiger partial charge in [0.15, 0.2) is 7.14 Å². The Kier molecular flexibility index (Phi) is 13.2. The number of hydrogen-bond acceptors (Lipinski definition) is 3. The van der Waals surface area contributed by atoms with E-state index in [0.717, 1.165) is 66.6 Å². The monoisotopic (exact) mass is 946 g/mol. The maximum Gasteiger partial charge on any atom is 3.00 e. The van der Waals surface area contributed by atoms with Crippen LogP contribution in [-0.4, -0.2) is 4.98 Å². The summed E-state index contributed by atoms with van der Waals surface area (Å²) < 4.78 is 14.7. The SMILES string of the molecule is O=P(c1ccccc1)(c1ccccc1)c1ccc(-c2cc(-c3[c-]cccc3)nc(-c3[c-]cccc3)c2)cc1.[Au+3].[c-]1ccc(N(c2ccccc2)c2ccccc2)cc1. The van der Waals surface area contributed by atoms with Gasteiger partial charge in [-0.15, -0.1) is 83.9 Å². The Morgan fingerprint density at radius 2 is 0.793 bits per heavy atom. The summed E-state index contributed by atoms with van der Waals surface area (Å²) in [5.74, 6) is 0. The molecule has 0 aliphatic rings. The second-order valence-corrected chi connectivity index (χ2v) is 16.0. The Morgan fingerprint density at radius 1 is 0.397 bits per heavy atom. The predicted molar refractivity (Wildman–Crippen MR) is 238 cm³/mol. The molecule has 0 saturated heterocycles. The van der Waals surface area contributed by atoms with Crippen LogP contribution in [0.1, 0.15) is 0 Å². The molecule has 1 aromatic heterocycles. The van der Waals surface area contributed by atoms with Gasteiger partial charge in [-0.2, -0.15) is 18.2 Å². The van der Waals surface area contributed by atoms with Crippen molar-refractivity contribution < 1.29 is 26.9 Å². The minimum absolute atomic E-state index is 0. The smallest absolute Gasteiger partial charge is 0.345 e. The molecule has 8 aromatic carbocycles. The molecular weight excluding hydrogens is 909 g/mol. The maximum atomic E-state index is 14.7. The first-order chi connectivity index (χ1) is 28.2. The van der Waals surface area contributed by atoms with Gasteiger partial charge in [0.05, 0.1) is 0 Å². The zero-order valence-electron chi connectivity index (χ0n) is 31.5. The van der Waals surface area contributed by atoms with Crippen molar-refractivity contribution in [3.05, 3.63) is 249 Å². The fraction of sp³-hybridized carbons (Fsp3) is 0. The molecule has 0 amide bonds. The first-order valence-corrected chi connectivity index (χ1v) is 20.5. The van der Waals surface area contributed by atoms with Gasteiger partial charge in [0.1, 0.15) is 0 Å². The van der Waals surface area contributed by atoms with E-state index in [1.54, 1.807) is 0 Å². The number of pyridine rings is 1. The molecule has 0 unspecified atom stereocenters. The molecule has 282 valence electrons. The van der Waals surface area contributed by atoms with Crippen molar-refractivity contribution in [3.63, 3.8) is 0 Å². The van der Waals surface area contributed by atoms with Crippen LogP contribution < -0.4 is 20.8 Å². The summed E-state index contributed by atoms with van der Waals surface area (Å²) in [4.78, 5) is 7.16. The third-order valence-corrected chi connectivity index (χ3v) is 12.7. The van der Waals surface area contributed by atoms with Gasteiger partial charge in [-0.05, 0) is 46.8 Å². The molecule has 0 fully saturated rings. The average molecular weight is 947 g/mol. The number of rotatable bonds is 9. The zero-order chi connectivity index (χ0) is 38.7. The number of nitrogens with zero attached hydrogens (tertiary/aromatic N) is 2. The van der Waals surface area contributed by atoms with E-state index in [2.05, 4.69) is 108 Å². The number of aromatic nitrogens is 1. The standard InChI is InChI=1S/C35H24NOP.C18H14N.Au/c37-38(31-17-9-3-10-18-31,32-19-11-4-12-20-32)33-23-21-27(22-24-33)30-25-34(28-13-5-1-6-14-28)36-35(26-30)29-15-7-2-8-16-29;1-4-10-16(11-5-1)19(17-12-6-2-7-13-17)18-14-8-3-9-15-18;/h1-13,15,17-26H;1-2,4-15H;/q-2;-1;+3. The molecule has 0 N–H and O–H groups in total. The zero-order valence-corrected chi connectivity index (χ0v) is 34.6. The fourth-order valence-electron chi connectivity index (χ4n) is 6.79. The van der Waals surface area contributed by atoms with Crippen molar-refractivity contribution in [1.29, 1.82) is 0 Å². The van der Waals surface area contributed by atoms with Gasteiger partial charge in [-0.25, -0.2) is 0 Å². The summed E-state index contributed by atoms with van der Waals surface area (Å²) in [6, 6.07) is 85.9. The minimum atomic E-state index is -3.02. The molecule has 0 spiro atoms. The van der Waals surface area contributed by atoms with Crippen LogP contribution >= 0.6 is 7.14 Å². The van der Waals surface area contributed by atoms with E-state index in [1.807, 2.05) is 146 Å². The molecule has 1 heterocycles. The Morgan fingerprint density at radius 3 is 1.22 bits per heavy atom. The topological polar surface area (TPSA) is 33.2 Å². The van der Waals surface area contributed by atoms with E-state index in [0.29, 0.717) is 0 Å². The first-order valence-electron chi connectivity index (χ1n) is 18.8. The summed E-state index contributed by atoms with van der Waals surface area (Å²) in [7, 11) is -3.02. The van der Waals surface area contributed by atoms with Crippen molar-refractivity contribution in [2.24, 2.45) is 0 Å². The molecule has 9 aromatic rings. The molecule has 0 radical (unpaired) electrons. The van der Waals surface area contributed by atoms with Gasteiger partial charge < -0.3 is 14.4 Å². The van der Waals surface area contributed by atoms with Crippen LogP contribution in [0, 0.1) is 18.2 Å². The second-order valence-electron chi connectivity index (χ2n) is 13.3. The van der Waals surface area contributed by atoms with Gasteiger partial charge in [0.2, 0.25) is 0 Å². The molecular formula is C53H38AuN2OP. The van der Waals surface area contributed by atoms with Crippen molar-refractivity contribution in [2.75, 3.05) is 4.90 Å². The van der Waals surface area contributed by atoms with Gasteiger partial charge in [-0.3, -0.25) is 0 Å². The Hall–Kier alpha value is -6.32. The number of para-hydroxylation sites is 2. The van der Waals surface area contributed by atoms with Crippen LogP contribution in [0.3, 0.4) is 0 Å². The Balaban J connectivity index is 0.000000215. The molecule has 0 bridgehead atoms. The summed E-state index contributed by atoms with van der Waals surface area (Å²) in [5.41, 5.74) is 9.05. The number of anilines is 3. The molecule has 3 nitrogen and oxygen atoms in total. The fourth-order valence-corrected chi connectivity index (χ4v) is 9.44. The maximum absolute atomic E-state index is 14.7. The molecule has 9 rings (SSSR count). The molecule has 0 saturated carbocycles. The Labute approximate surface area is 357 Å². The van der Waals surface area contributed by atoms with Crippen LogP contribution in [0.2, 0.25) is 0 Å². The number of benzene rings is 8. The van der Waals surface area contributed by atoms with E-state index < -0.39 is 7.14 Å². The van der Waals surface area contributed by atoms with E-state index in [9.17, 15) is 4.57 Å². The second kappa shape index (κ2) is 19.2. The van der Waals surface area contributed by atoms with Crippen LogP contribution in [0.25, 0.3) is 33.6 Å². The normalized spacial score (nSPS) is 10.7. The van der Waals surface area contributed by atoms with E-state index in [4.69, 9.17) is 4.98 Å². The summed E-state index contributed by atoms with van der Waals surface area (Å²) in [6.45, 7) is 0. The van der Waals surface area contributed by atoms with Crippen molar-refractivity contribution in [2.45, 2.75) is 0 Å². The van der Waals surface area contributed by atoms with E-state index in [-0.39, 0.29) is 22.4 Å². The minimum Gasteiger partial charge on any atom is -0.345 e. The van der Waals surface area contributed by atoms with Crippen molar-refractivity contribution in [1.82, 2.24) is 4.98 Å². The van der Waals surface area contributed by atoms with Crippen LogP contribution in [-0.2, 0) is 26.9 Å². The molecule has 5 heteroatoms. The molecule has 0 aliphatic carbocycles. The van der Waals surface area contributed by atoms with Gasteiger partial charge in [-0.1, -0.05) is 139 Å².